The number of aliphatic hydroxyl groups is 1. The number of benzene rings is 1. The highest BCUT2D eigenvalue weighted by molar-refractivity contribution is 5.98. The molecule has 0 saturated heterocycles. The lowest BCUT2D eigenvalue weighted by Gasteiger charge is -2.10. The van der Waals surface area contributed by atoms with Gasteiger partial charge in [0.05, 0.1) is 17.7 Å². The van der Waals surface area contributed by atoms with Gasteiger partial charge in [0, 0.05) is 23.3 Å². The fourth-order valence-electron chi connectivity index (χ4n) is 1.83. The zero-order valence-corrected chi connectivity index (χ0v) is 9.97. The first kappa shape index (κ1) is 12.3. The average molecular weight is 246 g/mol. The van der Waals surface area contributed by atoms with Crippen LogP contribution in [0.5, 0.6) is 0 Å². The molecule has 0 atom stereocenters. The number of carboxylic acid groups (broad SMARTS) is 1. The Morgan fingerprint density at radius 3 is 2.83 bits per heavy atom. The van der Waals surface area contributed by atoms with Gasteiger partial charge in [0.1, 0.15) is 0 Å². The predicted molar refractivity (Wildman–Crippen MR) is 69.0 cm³/mol. The summed E-state index contributed by atoms with van der Waals surface area (Å²) in [5, 5.41) is 21.6. The molecule has 0 aliphatic carbocycles. The number of aromatic nitrogens is 1. The van der Waals surface area contributed by atoms with Crippen molar-refractivity contribution in [2.75, 3.05) is 18.5 Å². The van der Waals surface area contributed by atoms with Crippen molar-refractivity contribution in [3.8, 4) is 0 Å². The Balaban J connectivity index is 2.58. The molecule has 0 saturated carbocycles. The van der Waals surface area contributed by atoms with Gasteiger partial charge >= 0.3 is 5.97 Å². The van der Waals surface area contributed by atoms with Crippen LogP contribution in [0.1, 0.15) is 16.1 Å². The standard InChI is InChI=1S/C13H14N2O3/c1-8-6-12(14-4-5-16)10-7-9(13(17)18)2-3-11(10)15-8/h2-3,6-7,16H,4-5H2,1H3,(H,14,15)(H,17,18). The Morgan fingerprint density at radius 1 is 1.39 bits per heavy atom. The maximum Gasteiger partial charge on any atom is 0.335 e. The number of carbonyl (C=O) groups is 1. The number of nitrogens with one attached hydrogen (secondary N) is 1. The van der Waals surface area contributed by atoms with Crippen LogP contribution >= 0.6 is 0 Å². The third-order valence-corrected chi connectivity index (χ3v) is 2.61. The third-order valence-electron chi connectivity index (χ3n) is 2.61. The topological polar surface area (TPSA) is 82.5 Å². The summed E-state index contributed by atoms with van der Waals surface area (Å²) >= 11 is 0. The summed E-state index contributed by atoms with van der Waals surface area (Å²) in [4.78, 5) is 15.3. The molecule has 0 fully saturated rings. The summed E-state index contributed by atoms with van der Waals surface area (Å²) < 4.78 is 0. The molecule has 0 radical (unpaired) electrons. The normalized spacial score (nSPS) is 10.6. The van der Waals surface area contributed by atoms with Gasteiger partial charge < -0.3 is 15.5 Å². The molecule has 5 heteroatoms. The Labute approximate surface area is 104 Å². The molecular weight excluding hydrogens is 232 g/mol. The molecule has 0 aliphatic rings. The van der Waals surface area contributed by atoms with E-state index in [0.717, 1.165) is 22.3 Å². The number of carboxylic acids is 1. The highest BCUT2D eigenvalue weighted by Crippen LogP contribution is 2.24. The summed E-state index contributed by atoms with van der Waals surface area (Å²) in [5.74, 6) is -0.967. The molecule has 0 unspecified atom stereocenters. The van der Waals surface area contributed by atoms with Crippen molar-refractivity contribution >= 4 is 22.6 Å². The molecule has 0 spiro atoms. The minimum Gasteiger partial charge on any atom is -0.478 e. The number of anilines is 1. The van der Waals surface area contributed by atoms with Crippen LogP contribution in [0.4, 0.5) is 5.69 Å². The van der Waals surface area contributed by atoms with Gasteiger partial charge in [0.2, 0.25) is 0 Å². The van der Waals surface area contributed by atoms with E-state index in [9.17, 15) is 4.79 Å². The van der Waals surface area contributed by atoms with Crippen LogP contribution in [-0.2, 0) is 0 Å². The molecule has 2 rings (SSSR count). The van der Waals surface area contributed by atoms with Gasteiger partial charge in [-0.05, 0) is 31.2 Å². The van der Waals surface area contributed by atoms with Crippen molar-refractivity contribution in [3.63, 3.8) is 0 Å². The molecule has 0 bridgehead atoms. The molecule has 0 aliphatic heterocycles. The second-order valence-electron chi connectivity index (χ2n) is 4.00. The molecule has 18 heavy (non-hydrogen) atoms. The number of rotatable bonds is 4. The van der Waals surface area contributed by atoms with Crippen molar-refractivity contribution in [2.24, 2.45) is 0 Å². The minimum atomic E-state index is -0.967. The van der Waals surface area contributed by atoms with E-state index in [1.165, 1.54) is 6.07 Å². The Kier molecular flexibility index (Phi) is 3.43. The van der Waals surface area contributed by atoms with Crippen molar-refractivity contribution in [3.05, 3.63) is 35.5 Å². The smallest absolute Gasteiger partial charge is 0.335 e. The first-order chi connectivity index (χ1) is 8.61. The first-order valence-electron chi connectivity index (χ1n) is 5.61. The Hall–Kier alpha value is -2.14. The molecule has 3 N–H and O–H groups in total. The fraction of sp³-hybridized carbons (Fsp3) is 0.231. The monoisotopic (exact) mass is 246 g/mol. The number of pyridine rings is 1. The second-order valence-corrected chi connectivity index (χ2v) is 4.00. The van der Waals surface area contributed by atoms with Crippen LogP contribution in [0.3, 0.4) is 0 Å². The van der Waals surface area contributed by atoms with Crippen LogP contribution < -0.4 is 5.32 Å². The highest BCUT2D eigenvalue weighted by atomic mass is 16.4. The maximum atomic E-state index is 11.0. The van der Waals surface area contributed by atoms with Crippen LogP contribution in [0, 0.1) is 6.92 Å². The Morgan fingerprint density at radius 2 is 2.17 bits per heavy atom. The molecule has 1 aromatic carbocycles. The van der Waals surface area contributed by atoms with Gasteiger partial charge in [-0.3, -0.25) is 4.98 Å². The molecule has 1 heterocycles. The van der Waals surface area contributed by atoms with Crippen LogP contribution in [0.15, 0.2) is 24.3 Å². The van der Waals surface area contributed by atoms with Gasteiger partial charge in [-0.1, -0.05) is 0 Å². The van der Waals surface area contributed by atoms with Gasteiger partial charge in [-0.25, -0.2) is 4.79 Å². The lowest BCUT2D eigenvalue weighted by Crippen LogP contribution is -2.07. The summed E-state index contributed by atoms with van der Waals surface area (Å²) in [7, 11) is 0. The zero-order chi connectivity index (χ0) is 13.1. The predicted octanol–water partition coefficient (Wildman–Crippen LogP) is 1.65. The molecule has 2 aromatic rings. The van der Waals surface area contributed by atoms with Crippen molar-refractivity contribution in [1.82, 2.24) is 4.98 Å². The summed E-state index contributed by atoms with van der Waals surface area (Å²) in [6.45, 7) is 2.30. The number of nitrogens with zero attached hydrogens (tertiary/aromatic N) is 1. The van der Waals surface area contributed by atoms with Gasteiger partial charge in [-0.2, -0.15) is 0 Å². The summed E-state index contributed by atoms with van der Waals surface area (Å²) in [6.07, 6.45) is 0. The first-order valence-corrected chi connectivity index (χ1v) is 5.61. The van der Waals surface area contributed by atoms with Crippen LogP contribution in [-0.4, -0.2) is 34.3 Å². The maximum absolute atomic E-state index is 11.0. The van der Waals surface area contributed by atoms with E-state index in [-0.39, 0.29) is 12.2 Å². The van der Waals surface area contributed by atoms with Gasteiger partial charge in [0.25, 0.3) is 0 Å². The molecule has 94 valence electrons. The van der Waals surface area contributed by atoms with E-state index in [1.54, 1.807) is 12.1 Å². The SMILES string of the molecule is Cc1cc(NCCO)c2cc(C(=O)O)ccc2n1. The van der Waals surface area contributed by atoms with E-state index in [2.05, 4.69) is 10.3 Å². The van der Waals surface area contributed by atoms with E-state index in [0.29, 0.717) is 6.54 Å². The quantitative estimate of drug-likeness (QED) is 0.764. The molecule has 5 nitrogen and oxygen atoms in total. The molecule has 0 amide bonds. The van der Waals surface area contributed by atoms with Crippen LogP contribution in [0.25, 0.3) is 10.9 Å². The average Bonchev–Trinajstić information content (AvgIpc) is 2.35. The largest absolute Gasteiger partial charge is 0.478 e. The number of aliphatic hydroxyl groups excluding tert-OH is 1. The highest BCUT2D eigenvalue weighted by Gasteiger charge is 2.08. The van der Waals surface area contributed by atoms with E-state index in [1.807, 2.05) is 13.0 Å². The lowest BCUT2D eigenvalue weighted by molar-refractivity contribution is 0.0697. The van der Waals surface area contributed by atoms with E-state index in [4.69, 9.17) is 10.2 Å². The molecule has 1 aromatic heterocycles. The van der Waals surface area contributed by atoms with Gasteiger partial charge in [0.15, 0.2) is 0 Å². The number of aromatic carboxylic acids is 1. The second kappa shape index (κ2) is 5.01. The number of fused-ring (bicyclic) bond motifs is 1. The Bertz CT molecular complexity index is 596. The molecular formula is C13H14N2O3. The van der Waals surface area contributed by atoms with Crippen molar-refractivity contribution in [1.29, 1.82) is 0 Å². The summed E-state index contributed by atoms with van der Waals surface area (Å²) in [5.41, 5.74) is 2.58. The number of hydrogen-bond acceptors (Lipinski definition) is 4. The van der Waals surface area contributed by atoms with Gasteiger partial charge in [-0.15, -0.1) is 0 Å². The number of hydrogen-bond donors (Lipinski definition) is 3. The van der Waals surface area contributed by atoms with Crippen molar-refractivity contribution < 1.29 is 15.0 Å². The van der Waals surface area contributed by atoms with E-state index < -0.39 is 5.97 Å². The zero-order valence-electron chi connectivity index (χ0n) is 9.97. The minimum absolute atomic E-state index is 0.0154. The summed E-state index contributed by atoms with van der Waals surface area (Å²) in [6, 6.07) is 6.65. The third kappa shape index (κ3) is 2.41. The fourth-order valence-corrected chi connectivity index (χ4v) is 1.83. The van der Waals surface area contributed by atoms with Crippen molar-refractivity contribution in [2.45, 2.75) is 6.92 Å². The van der Waals surface area contributed by atoms with E-state index >= 15 is 0 Å². The van der Waals surface area contributed by atoms with Crippen LogP contribution in [0.2, 0.25) is 0 Å². The lowest BCUT2D eigenvalue weighted by atomic mass is 10.1. The number of aryl methyl sites for hydroxylation is 1.